The Morgan fingerprint density at radius 3 is 2.08 bits per heavy atom. The maximum Gasteiger partial charge on any atom is 0.313 e. The lowest BCUT2D eigenvalue weighted by atomic mass is 9.34. The molecule has 0 aromatic rings. The van der Waals surface area contributed by atoms with Gasteiger partial charge in [0, 0.05) is 12.3 Å². The second-order valence-corrected chi connectivity index (χ2v) is 15.4. The fraction of sp³-hybridized carbons (Fsp3) is 0.848. The van der Waals surface area contributed by atoms with Gasteiger partial charge in [0.05, 0.1) is 12.5 Å². The number of carboxylic acids is 1. The van der Waals surface area contributed by atoms with Crippen LogP contribution >= 0.6 is 0 Å². The van der Waals surface area contributed by atoms with Gasteiger partial charge in [0.15, 0.2) is 0 Å². The first-order valence-corrected chi connectivity index (χ1v) is 15.2. The monoisotopic (exact) mass is 542 g/mol. The molecule has 0 unspecified atom stereocenters. The van der Waals surface area contributed by atoms with Crippen molar-refractivity contribution in [2.75, 3.05) is 7.11 Å². The highest BCUT2D eigenvalue weighted by Crippen LogP contribution is 2.79. The maximum atomic E-state index is 13.6. The van der Waals surface area contributed by atoms with Gasteiger partial charge in [-0.25, -0.2) is 0 Å². The van der Waals surface area contributed by atoms with Gasteiger partial charge in [0.1, 0.15) is 12.0 Å². The Hall–Kier alpha value is -1.85. The van der Waals surface area contributed by atoms with Gasteiger partial charge in [0.25, 0.3) is 0 Å². The molecule has 5 fully saturated rings. The summed E-state index contributed by atoms with van der Waals surface area (Å²) in [6.07, 6.45) is 6.68. The number of methoxy groups -OCH3 is 1. The summed E-state index contributed by atoms with van der Waals surface area (Å²) in [6, 6.07) is 0. The molecule has 0 radical (unpaired) electrons. The Balaban J connectivity index is 1.62. The number of hydrogen-bond acceptors (Lipinski definition) is 5. The van der Waals surface area contributed by atoms with Gasteiger partial charge in [-0.05, 0) is 104 Å². The molecule has 0 saturated heterocycles. The molecule has 6 heteroatoms. The van der Waals surface area contributed by atoms with Gasteiger partial charge in [-0.3, -0.25) is 14.4 Å². The first-order valence-electron chi connectivity index (χ1n) is 15.2. The van der Waals surface area contributed by atoms with Crippen molar-refractivity contribution >= 4 is 17.9 Å². The molecule has 218 valence electrons. The molecule has 0 aromatic carbocycles. The van der Waals surface area contributed by atoms with Crippen molar-refractivity contribution in [3.8, 4) is 0 Å². The first kappa shape index (κ1) is 28.7. The van der Waals surface area contributed by atoms with Gasteiger partial charge in [-0.15, -0.1) is 0 Å². The Morgan fingerprint density at radius 2 is 1.51 bits per heavy atom. The van der Waals surface area contributed by atoms with Crippen LogP contribution in [-0.4, -0.2) is 36.2 Å². The van der Waals surface area contributed by atoms with Crippen LogP contribution in [0.1, 0.15) is 99.8 Å². The van der Waals surface area contributed by atoms with Gasteiger partial charge >= 0.3 is 17.9 Å². The quantitative estimate of drug-likeness (QED) is 0.315. The van der Waals surface area contributed by atoms with E-state index in [0.717, 1.165) is 50.5 Å². The molecule has 11 atom stereocenters. The molecule has 39 heavy (non-hydrogen) atoms. The number of carbonyl (C=O) groups is 3. The van der Waals surface area contributed by atoms with Crippen LogP contribution in [-0.2, 0) is 23.9 Å². The SMILES string of the molecule is C=C(C)[C@@H]1CC[C@]2(C(=O)O)CC[C@]3(C)[C@H](CC[C@@H]4[C@@]5(C)[C@H](C(=O)OC)[C@H](OC(C)=O)C(C)(C)[C@@H]5CC[C@]43C)[C@@H]12. The van der Waals surface area contributed by atoms with Gasteiger partial charge < -0.3 is 14.6 Å². The number of fused-ring (bicyclic) bond motifs is 7. The summed E-state index contributed by atoms with van der Waals surface area (Å²) in [6.45, 7) is 19.4. The summed E-state index contributed by atoms with van der Waals surface area (Å²) < 4.78 is 11.4. The predicted octanol–water partition coefficient (Wildman–Crippen LogP) is 6.67. The molecule has 0 aliphatic heterocycles. The standard InChI is InChI=1S/C33H50O6/c1-18(2)20-12-15-33(28(36)37)17-16-30(6)21(24(20)33)10-11-23-31(30,7)14-13-22-29(4,5)26(39-19(3)34)25(27(35)38-9)32(22,23)8/h20-26H,1,10-17H2,2-9H3,(H,36,37)/t20-,21+,22-,23-,24+,25-,26-,30+,31+,32-,33-/m0/s1. The van der Waals surface area contributed by atoms with Crippen molar-refractivity contribution < 1.29 is 29.0 Å². The summed E-state index contributed by atoms with van der Waals surface area (Å²) in [5, 5.41) is 10.6. The lowest BCUT2D eigenvalue weighted by molar-refractivity contribution is -0.228. The van der Waals surface area contributed by atoms with Crippen molar-refractivity contribution in [2.24, 2.45) is 62.6 Å². The van der Waals surface area contributed by atoms with E-state index in [1.807, 2.05) is 0 Å². The number of ether oxygens (including phenoxy) is 2. The van der Waals surface area contributed by atoms with Crippen molar-refractivity contribution in [1.29, 1.82) is 0 Å². The number of aliphatic carboxylic acids is 1. The molecule has 5 aliphatic carbocycles. The molecular weight excluding hydrogens is 492 g/mol. The Bertz CT molecular complexity index is 1090. The Labute approximate surface area is 234 Å². The highest BCUT2D eigenvalue weighted by Gasteiger charge is 2.76. The molecular formula is C33H50O6. The minimum atomic E-state index is -0.650. The zero-order chi connectivity index (χ0) is 28.9. The predicted molar refractivity (Wildman–Crippen MR) is 148 cm³/mol. The van der Waals surface area contributed by atoms with Crippen molar-refractivity contribution in [3.63, 3.8) is 0 Å². The second kappa shape index (κ2) is 8.82. The summed E-state index contributed by atoms with van der Waals surface area (Å²) in [5.74, 6) is -0.637. The van der Waals surface area contributed by atoms with Crippen LogP contribution in [0.15, 0.2) is 12.2 Å². The first-order chi connectivity index (χ1) is 18.0. The molecule has 1 N–H and O–H groups in total. The highest BCUT2D eigenvalue weighted by molar-refractivity contribution is 5.77. The molecule has 0 spiro atoms. The van der Waals surface area contributed by atoms with Crippen LogP contribution < -0.4 is 0 Å². The van der Waals surface area contributed by atoms with E-state index >= 15 is 0 Å². The fourth-order valence-electron chi connectivity index (χ4n) is 12.3. The summed E-state index contributed by atoms with van der Waals surface area (Å²) in [7, 11) is 1.45. The third-order valence-corrected chi connectivity index (χ3v) is 14.0. The number of allylic oxidation sites excluding steroid dienone is 1. The second-order valence-electron chi connectivity index (χ2n) is 15.4. The van der Waals surface area contributed by atoms with Gasteiger partial charge in [-0.2, -0.15) is 0 Å². The molecule has 0 bridgehead atoms. The third-order valence-electron chi connectivity index (χ3n) is 14.0. The van der Waals surface area contributed by atoms with E-state index in [9.17, 15) is 19.5 Å². The largest absolute Gasteiger partial charge is 0.481 e. The summed E-state index contributed by atoms with van der Waals surface area (Å²) in [4.78, 5) is 38.8. The van der Waals surface area contributed by atoms with E-state index in [-0.39, 0.29) is 57.3 Å². The van der Waals surface area contributed by atoms with E-state index in [0.29, 0.717) is 12.3 Å². The Morgan fingerprint density at radius 1 is 0.846 bits per heavy atom. The van der Waals surface area contributed by atoms with E-state index < -0.39 is 23.4 Å². The number of carbonyl (C=O) groups excluding carboxylic acids is 2. The molecule has 5 saturated carbocycles. The molecule has 0 aromatic heterocycles. The number of esters is 2. The normalized spacial score (nSPS) is 49.6. The number of hydrogen-bond donors (Lipinski definition) is 1. The van der Waals surface area contributed by atoms with Crippen LogP contribution in [0.4, 0.5) is 0 Å². The fourth-order valence-corrected chi connectivity index (χ4v) is 12.3. The van der Waals surface area contributed by atoms with Crippen LogP contribution in [0.25, 0.3) is 0 Å². The topological polar surface area (TPSA) is 89.9 Å². The minimum absolute atomic E-state index is 0.0457. The smallest absolute Gasteiger partial charge is 0.313 e. The van der Waals surface area contributed by atoms with Crippen LogP contribution in [0.5, 0.6) is 0 Å². The van der Waals surface area contributed by atoms with Gasteiger partial charge in [-0.1, -0.05) is 46.8 Å². The molecule has 6 nitrogen and oxygen atoms in total. The van der Waals surface area contributed by atoms with Crippen LogP contribution in [0, 0.1) is 62.6 Å². The van der Waals surface area contributed by atoms with Crippen molar-refractivity contribution in [2.45, 2.75) is 106 Å². The van der Waals surface area contributed by atoms with E-state index in [1.54, 1.807) is 0 Å². The third kappa shape index (κ3) is 3.41. The number of carboxylic acid groups (broad SMARTS) is 1. The van der Waals surface area contributed by atoms with Crippen LogP contribution in [0.2, 0.25) is 0 Å². The lowest BCUT2D eigenvalue weighted by Gasteiger charge is -2.70. The number of rotatable bonds is 4. The maximum absolute atomic E-state index is 13.6. The zero-order valence-corrected chi connectivity index (χ0v) is 25.4. The average molecular weight is 543 g/mol. The molecule has 5 rings (SSSR count). The zero-order valence-electron chi connectivity index (χ0n) is 25.4. The molecule has 0 heterocycles. The summed E-state index contributed by atoms with van der Waals surface area (Å²) in [5.41, 5.74) is -0.384. The highest BCUT2D eigenvalue weighted by atomic mass is 16.6. The van der Waals surface area contributed by atoms with Gasteiger partial charge in [0.2, 0.25) is 0 Å². The minimum Gasteiger partial charge on any atom is -0.481 e. The van der Waals surface area contributed by atoms with E-state index in [4.69, 9.17) is 9.47 Å². The Kier molecular flexibility index (Phi) is 6.49. The summed E-state index contributed by atoms with van der Waals surface area (Å²) >= 11 is 0. The molecule has 0 amide bonds. The van der Waals surface area contributed by atoms with Crippen molar-refractivity contribution in [1.82, 2.24) is 0 Å². The van der Waals surface area contributed by atoms with E-state index in [2.05, 4.69) is 48.1 Å². The van der Waals surface area contributed by atoms with Crippen LogP contribution in [0.3, 0.4) is 0 Å². The van der Waals surface area contributed by atoms with Crippen molar-refractivity contribution in [3.05, 3.63) is 12.2 Å². The lowest BCUT2D eigenvalue weighted by Crippen LogP contribution is -2.65. The van der Waals surface area contributed by atoms with E-state index in [1.165, 1.54) is 14.0 Å². The average Bonchev–Trinajstić information content (AvgIpc) is 3.31. The molecule has 5 aliphatic rings.